The average Bonchev–Trinajstić information content (AvgIpc) is 2.89. The van der Waals surface area contributed by atoms with Crippen molar-refractivity contribution < 1.29 is 9.90 Å². The molecule has 0 saturated carbocycles. The number of hydrogen-bond donors (Lipinski definition) is 1. The Bertz CT molecular complexity index is 1170. The second kappa shape index (κ2) is 10.9. The number of pyridine rings is 1. The molecule has 6 nitrogen and oxygen atoms in total. The smallest absolute Gasteiger partial charge is 0.253 e. The summed E-state index contributed by atoms with van der Waals surface area (Å²) in [6, 6.07) is 21.3. The molecule has 2 aromatic carbocycles. The maximum absolute atomic E-state index is 12.4. The summed E-state index contributed by atoms with van der Waals surface area (Å²) < 4.78 is 0. The van der Waals surface area contributed by atoms with E-state index in [4.69, 9.17) is 0 Å². The molecular formula is C30H36N4O2. The van der Waals surface area contributed by atoms with Crippen molar-refractivity contribution in [3.63, 3.8) is 0 Å². The van der Waals surface area contributed by atoms with Gasteiger partial charge in [0, 0.05) is 63.1 Å². The molecule has 0 aliphatic carbocycles. The summed E-state index contributed by atoms with van der Waals surface area (Å²) in [5, 5.41) is 10.3. The van der Waals surface area contributed by atoms with E-state index >= 15 is 0 Å². The number of nitrogens with zero attached hydrogens (tertiary/aromatic N) is 4. The Kier molecular flexibility index (Phi) is 7.46. The van der Waals surface area contributed by atoms with Gasteiger partial charge in [0.05, 0.1) is 6.61 Å². The molecule has 36 heavy (non-hydrogen) atoms. The van der Waals surface area contributed by atoms with Crippen LogP contribution in [0.25, 0.3) is 11.1 Å². The third kappa shape index (κ3) is 5.07. The second-order valence-electron chi connectivity index (χ2n) is 10.3. The van der Waals surface area contributed by atoms with Crippen molar-refractivity contribution in [3.05, 3.63) is 89.7 Å². The summed E-state index contributed by atoms with van der Waals surface area (Å²) in [6.45, 7) is 4.23. The van der Waals surface area contributed by atoms with Crippen LogP contribution < -0.4 is 0 Å². The normalized spacial score (nSPS) is 22.7. The van der Waals surface area contributed by atoms with Gasteiger partial charge >= 0.3 is 0 Å². The van der Waals surface area contributed by atoms with Crippen LogP contribution in [0.4, 0.5) is 0 Å². The van der Waals surface area contributed by atoms with Crippen LogP contribution in [0.2, 0.25) is 0 Å². The Morgan fingerprint density at radius 3 is 2.56 bits per heavy atom. The fraction of sp³-hybridized carbons (Fsp3) is 0.400. The van der Waals surface area contributed by atoms with Gasteiger partial charge in [0.25, 0.3) is 5.91 Å². The molecule has 1 N–H and O–H groups in total. The highest BCUT2D eigenvalue weighted by Crippen LogP contribution is 2.42. The van der Waals surface area contributed by atoms with E-state index in [2.05, 4.69) is 45.1 Å². The largest absolute Gasteiger partial charge is 0.395 e. The molecule has 2 fully saturated rings. The van der Waals surface area contributed by atoms with E-state index in [0.717, 1.165) is 43.7 Å². The zero-order chi connectivity index (χ0) is 25.1. The van der Waals surface area contributed by atoms with Gasteiger partial charge in [-0.2, -0.15) is 0 Å². The van der Waals surface area contributed by atoms with E-state index in [9.17, 15) is 9.90 Å². The van der Waals surface area contributed by atoms with Crippen LogP contribution >= 0.6 is 0 Å². The van der Waals surface area contributed by atoms with E-state index in [0.29, 0.717) is 17.5 Å². The fourth-order valence-corrected chi connectivity index (χ4v) is 5.89. The third-order valence-electron chi connectivity index (χ3n) is 7.73. The van der Waals surface area contributed by atoms with Gasteiger partial charge in [-0.1, -0.05) is 42.5 Å². The van der Waals surface area contributed by atoms with E-state index in [1.54, 1.807) is 19.0 Å². The van der Waals surface area contributed by atoms with Gasteiger partial charge in [0.2, 0.25) is 0 Å². The Hall–Kier alpha value is -3.06. The summed E-state index contributed by atoms with van der Waals surface area (Å²) in [5.41, 5.74) is 5.36. The second-order valence-corrected chi connectivity index (χ2v) is 10.3. The summed E-state index contributed by atoms with van der Waals surface area (Å²) in [5.74, 6) is 0.314. The molecular weight excluding hydrogens is 448 g/mol. The lowest BCUT2D eigenvalue weighted by atomic mass is 9.74. The standard InChI is InChI=1S/C30H36N4O2/c1-32(2)30(36)26-9-5-8-25(17-26)23-10-12-24(13-11-23)29-27-20-33(19-22-7-6-14-31-18-22)15-3-4-16-34(27)28(29)21-35/h5-14,17-18,27-29,35H,3-4,15-16,19-21H2,1-2H3/t27-,28+,29+/m1/s1. The predicted octanol–water partition coefficient (Wildman–Crippen LogP) is 3.88. The lowest BCUT2D eigenvalue weighted by Gasteiger charge is -2.57. The highest BCUT2D eigenvalue weighted by atomic mass is 16.3. The molecule has 3 atom stereocenters. The summed E-state index contributed by atoms with van der Waals surface area (Å²) in [6.07, 6.45) is 6.12. The summed E-state index contributed by atoms with van der Waals surface area (Å²) in [4.78, 5) is 23.4. The molecule has 188 valence electrons. The Morgan fingerprint density at radius 2 is 1.83 bits per heavy atom. The predicted molar refractivity (Wildman–Crippen MR) is 143 cm³/mol. The molecule has 1 amide bonds. The van der Waals surface area contributed by atoms with Gasteiger partial charge in [-0.15, -0.1) is 0 Å². The van der Waals surface area contributed by atoms with Crippen molar-refractivity contribution in [1.29, 1.82) is 0 Å². The molecule has 0 radical (unpaired) electrons. The highest BCUT2D eigenvalue weighted by Gasteiger charge is 2.49. The minimum Gasteiger partial charge on any atom is -0.395 e. The number of fused-ring (bicyclic) bond motifs is 1. The molecule has 6 heteroatoms. The molecule has 5 rings (SSSR count). The molecule has 0 spiro atoms. The number of carbonyl (C=O) groups excluding carboxylic acids is 1. The van der Waals surface area contributed by atoms with Gasteiger partial charge in [-0.3, -0.25) is 19.6 Å². The first kappa shape index (κ1) is 24.6. The number of aromatic nitrogens is 1. The van der Waals surface area contributed by atoms with Crippen molar-refractivity contribution in [2.75, 3.05) is 40.3 Å². The summed E-state index contributed by atoms with van der Waals surface area (Å²) in [7, 11) is 3.55. The van der Waals surface area contributed by atoms with Crippen LogP contribution in [0.1, 0.15) is 40.2 Å². The molecule has 0 unspecified atom stereocenters. The molecule has 2 saturated heterocycles. The van der Waals surface area contributed by atoms with Gasteiger partial charge in [0.15, 0.2) is 0 Å². The van der Waals surface area contributed by atoms with Crippen molar-refractivity contribution in [2.24, 2.45) is 0 Å². The molecule has 3 heterocycles. The lowest BCUT2D eigenvalue weighted by Crippen LogP contribution is -2.67. The van der Waals surface area contributed by atoms with Crippen LogP contribution in [0.5, 0.6) is 0 Å². The van der Waals surface area contributed by atoms with Crippen molar-refractivity contribution >= 4 is 5.91 Å². The number of carbonyl (C=O) groups is 1. The number of aliphatic hydroxyl groups excluding tert-OH is 1. The Balaban J connectivity index is 1.35. The summed E-state index contributed by atoms with van der Waals surface area (Å²) >= 11 is 0. The van der Waals surface area contributed by atoms with Crippen molar-refractivity contribution in [1.82, 2.24) is 19.7 Å². The minimum atomic E-state index is 0.00828. The van der Waals surface area contributed by atoms with E-state index in [1.807, 2.05) is 42.7 Å². The molecule has 2 aliphatic rings. The van der Waals surface area contributed by atoms with E-state index in [1.165, 1.54) is 17.5 Å². The zero-order valence-corrected chi connectivity index (χ0v) is 21.3. The number of benzene rings is 2. The van der Waals surface area contributed by atoms with E-state index in [-0.39, 0.29) is 18.6 Å². The van der Waals surface area contributed by atoms with Crippen molar-refractivity contribution in [2.45, 2.75) is 37.4 Å². The molecule has 1 aromatic heterocycles. The van der Waals surface area contributed by atoms with Gasteiger partial charge in [-0.05, 0) is 66.4 Å². The number of rotatable bonds is 6. The van der Waals surface area contributed by atoms with Crippen molar-refractivity contribution in [3.8, 4) is 11.1 Å². The Morgan fingerprint density at radius 1 is 1.03 bits per heavy atom. The van der Waals surface area contributed by atoms with Crippen LogP contribution in [0, 0.1) is 0 Å². The first-order valence-electron chi connectivity index (χ1n) is 12.9. The highest BCUT2D eigenvalue weighted by molar-refractivity contribution is 5.95. The monoisotopic (exact) mass is 484 g/mol. The van der Waals surface area contributed by atoms with Crippen LogP contribution in [0.3, 0.4) is 0 Å². The molecule has 0 bridgehead atoms. The SMILES string of the molecule is CN(C)C(=O)c1cccc(-c2ccc([C@H]3[C@H]4CN(Cc5cccnc5)CCCCN4[C@H]3CO)cc2)c1. The minimum absolute atomic E-state index is 0.00828. The van der Waals surface area contributed by atoms with Crippen LogP contribution in [-0.2, 0) is 6.54 Å². The van der Waals surface area contributed by atoms with Gasteiger partial charge < -0.3 is 10.0 Å². The third-order valence-corrected chi connectivity index (χ3v) is 7.73. The van der Waals surface area contributed by atoms with Gasteiger partial charge in [-0.25, -0.2) is 0 Å². The van der Waals surface area contributed by atoms with Crippen LogP contribution in [0.15, 0.2) is 73.1 Å². The maximum Gasteiger partial charge on any atom is 0.253 e. The topological polar surface area (TPSA) is 59.9 Å². The van der Waals surface area contributed by atoms with Gasteiger partial charge in [0.1, 0.15) is 0 Å². The van der Waals surface area contributed by atoms with Crippen LogP contribution in [-0.4, -0.2) is 83.1 Å². The zero-order valence-electron chi connectivity index (χ0n) is 21.3. The molecule has 3 aromatic rings. The quantitative estimate of drug-likeness (QED) is 0.576. The molecule has 2 aliphatic heterocycles. The first-order chi connectivity index (χ1) is 17.5. The maximum atomic E-state index is 12.4. The van der Waals surface area contributed by atoms with E-state index < -0.39 is 0 Å². The fourth-order valence-electron chi connectivity index (χ4n) is 5.89. The number of amides is 1. The lowest BCUT2D eigenvalue weighted by molar-refractivity contribution is -0.0655. The Labute approximate surface area is 214 Å². The number of hydrogen-bond acceptors (Lipinski definition) is 5. The first-order valence-corrected chi connectivity index (χ1v) is 12.9. The average molecular weight is 485 g/mol. The number of aliphatic hydroxyl groups is 1.